The number of nitro groups is 1. The van der Waals surface area contributed by atoms with Crippen LogP contribution in [0.2, 0.25) is 0 Å². The summed E-state index contributed by atoms with van der Waals surface area (Å²) < 4.78 is 27.1. The number of fused-ring (bicyclic) bond motifs is 1. The number of non-ortho nitro benzene ring substituents is 1. The Morgan fingerprint density at radius 3 is 2.62 bits per heavy atom. The van der Waals surface area contributed by atoms with Crippen LogP contribution >= 0.6 is 0 Å². The number of rotatable bonds is 4. The van der Waals surface area contributed by atoms with Crippen LogP contribution in [0.5, 0.6) is 0 Å². The number of para-hydroxylation sites is 1. The maximum absolute atomic E-state index is 13.6. The van der Waals surface area contributed by atoms with Crippen molar-refractivity contribution in [3.8, 4) is 0 Å². The molecule has 1 heterocycles. The molecule has 0 saturated heterocycles. The highest BCUT2D eigenvalue weighted by molar-refractivity contribution is 5.94. The predicted octanol–water partition coefficient (Wildman–Crippen LogP) is 2.87. The highest BCUT2D eigenvalue weighted by Crippen LogP contribution is 2.31. The monoisotopic (exact) mass is 333 g/mol. The number of nitrogens with zero attached hydrogens (tertiary/aromatic N) is 2. The zero-order chi connectivity index (χ0) is 17.3. The fraction of sp³-hybridized carbons (Fsp3) is 0.188. The smallest absolute Gasteiger partial charge is 0.269 e. The van der Waals surface area contributed by atoms with E-state index in [2.05, 4.69) is 5.32 Å². The van der Waals surface area contributed by atoms with Gasteiger partial charge in [0.1, 0.15) is 17.3 Å². The Morgan fingerprint density at radius 2 is 1.96 bits per heavy atom. The average molecular weight is 333 g/mol. The molecule has 0 unspecified atom stereocenters. The summed E-state index contributed by atoms with van der Waals surface area (Å²) >= 11 is 0. The molecule has 0 fully saturated rings. The Morgan fingerprint density at radius 1 is 1.25 bits per heavy atom. The number of nitro benzene ring substituents is 1. The van der Waals surface area contributed by atoms with Crippen molar-refractivity contribution in [2.45, 2.75) is 6.42 Å². The number of carbonyl (C=O) groups excluding carboxylic acids is 1. The minimum absolute atomic E-state index is 0.00604. The summed E-state index contributed by atoms with van der Waals surface area (Å²) in [5.74, 6) is -2.26. The van der Waals surface area contributed by atoms with E-state index < -0.39 is 28.2 Å². The van der Waals surface area contributed by atoms with E-state index >= 15 is 0 Å². The van der Waals surface area contributed by atoms with E-state index in [1.54, 1.807) is 11.0 Å². The summed E-state index contributed by atoms with van der Waals surface area (Å²) in [4.78, 5) is 24.1. The van der Waals surface area contributed by atoms with E-state index in [0.29, 0.717) is 18.7 Å². The molecule has 1 amide bonds. The van der Waals surface area contributed by atoms with E-state index in [1.807, 2.05) is 0 Å². The van der Waals surface area contributed by atoms with Gasteiger partial charge in [-0.25, -0.2) is 8.78 Å². The highest BCUT2D eigenvalue weighted by atomic mass is 19.1. The second kappa shape index (κ2) is 6.23. The third-order valence-corrected chi connectivity index (χ3v) is 3.83. The molecule has 124 valence electrons. The largest absolute Gasteiger partial charge is 0.362 e. The van der Waals surface area contributed by atoms with Gasteiger partial charge in [0.2, 0.25) is 5.91 Å². The van der Waals surface area contributed by atoms with Crippen LogP contribution in [0.3, 0.4) is 0 Å². The van der Waals surface area contributed by atoms with Crippen LogP contribution in [-0.2, 0) is 11.2 Å². The van der Waals surface area contributed by atoms with Crippen LogP contribution in [0.4, 0.5) is 25.8 Å². The van der Waals surface area contributed by atoms with Crippen LogP contribution in [0.25, 0.3) is 0 Å². The minimum atomic E-state index is -0.846. The van der Waals surface area contributed by atoms with Crippen molar-refractivity contribution in [3.63, 3.8) is 0 Å². The van der Waals surface area contributed by atoms with Crippen molar-refractivity contribution in [3.05, 3.63) is 63.7 Å². The molecule has 8 heteroatoms. The number of hydrogen-bond acceptors (Lipinski definition) is 4. The van der Waals surface area contributed by atoms with Gasteiger partial charge in [0.25, 0.3) is 5.69 Å². The van der Waals surface area contributed by atoms with Crippen LogP contribution in [0.15, 0.2) is 36.4 Å². The van der Waals surface area contributed by atoms with E-state index in [0.717, 1.165) is 17.7 Å². The lowest BCUT2D eigenvalue weighted by atomic mass is 10.1. The molecule has 2 aromatic rings. The maximum Gasteiger partial charge on any atom is 0.269 e. The van der Waals surface area contributed by atoms with Gasteiger partial charge in [-0.15, -0.1) is 0 Å². The normalized spacial score (nSPS) is 12.8. The maximum atomic E-state index is 13.6. The molecule has 1 aliphatic rings. The average Bonchev–Trinajstić information content (AvgIpc) is 2.93. The zero-order valence-electron chi connectivity index (χ0n) is 12.5. The quantitative estimate of drug-likeness (QED) is 0.689. The SMILES string of the molecule is O=C(CN1CCc2cc([N+](=O)[O-])ccc21)Nc1c(F)cccc1F. The molecule has 0 radical (unpaired) electrons. The van der Waals surface area contributed by atoms with E-state index in [1.165, 1.54) is 18.2 Å². The second-order valence-corrected chi connectivity index (χ2v) is 5.39. The van der Waals surface area contributed by atoms with Gasteiger partial charge in [-0.3, -0.25) is 14.9 Å². The molecule has 0 bridgehead atoms. The molecule has 0 spiro atoms. The third kappa shape index (κ3) is 3.03. The summed E-state index contributed by atoms with van der Waals surface area (Å²) in [6.45, 7) is 0.405. The van der Waals surface area contributed by atoms with Gasteiger partial charge in [-0.05, 0) is 30.2 Å². The molecule has 6 nitrogen and oxygen atoms in total. The van der Waals surface area contributed by atoms with Crippen molar-refractivity contribution < 1.29 is 18.5 Å². The van der Waals surface area contributed by atoms with Crippen LogP contribution in [-0.4, -0.2) is 23.9 Å². The molecule has 0 saturated carbocycles. The molecule has 0 aliphatic carbocycles. The lowest BCUT2D eigenvalue weighted by Crippen LogP contribution is -2.32. The van der Waals surface area contributed by atoms with Gasteiger partial charge in [-0.1, -0.05) is 6.07 Å². The topological polar surface area (TPSA) is 75.5 Å². The fourth-order valence-electron chi connectivity index (χ4n) is 2.70. The lowest BCUT2D eigenvalue weighted by Gasteiger charge is -2.19. The number of anilines is 2. The van der Waals surface area contributed by atoms with E-state index in [-0.39, 0.29) is 12.2 Å². The molecule has 24 heavy (non-hydrogen) atoms. The van der Waals surface area contributed by atoms with Crippen molar-refractivity contribution in [1.82, 2.24) is 0 Å². The Bertz CT molecular complexity index is 806. The second-order valence-electron chi connectivity index (χ2n) is 5.39. The molecular formula is C16H13F2N3O3. The Kier molecular flexibility index (Phi) is 4.11. The Hall–Kier alpha value is -3.03. The standard InChI is InChI=1S/C16H13F2N3O3/c17-12-2-1-3-13(18)16(12)19-15(22)9-20-7-6-10-8-11(21(23)24)4-5-14(10)20/h1-5,8H,6-7,9H2,(H,19,22). The van der Waals surface area contributed by atoms with Crippen LogP contribution in [0.1, 0.15) is 5.56 Å². The minimum Gasteiger partial charge on any atom is -0.362 e. The summed E-state index contributed by atoms with van der Waals surface area (Å²) in [6, 6.07) is 7.75. The van der Waals surface area contributed by atoms with E-state index in [9.17, 15) is 23.7 Å². The molecule has 0 atom stereocenters. The Labute approximate surface area is 135 Å². The van der Waals surface area contributed by atoms with Crippen molar-refractivity contribution in [1.29, 1.82) is 0 Å². The number of benzene rings is 2. The van der Waals surface area contributed by atoms with Crippen molar-refractivity contribution >= 4 is 23.0 Å². The highest BCUT2D eigenvalue weighted by Gasteiger charge is 2.24. The predicted molar refractivity (Wildman–Crippen MR) is 84.0 cm³/mol. The molecule has 1 aliphatic heterocycles. The van der Waals surface area contributed by atoms with Gasteiger partial charge in [0, 0.05) is 24.4 Å². The molecule has 1 N–H and O–H groups in total. The summed E-state index contributed by atoms with van der Waals surface area (Å²) in [5, 5.41) is 13.0. The summed E-state index contributed by atoms with van der Waals surface area (Å²) in [7, 11) is 0. The number of nitrogens with one attached hydrogen (secondary N) is 1. The van der Waals surface area contributed by atoms with Gasteiger partial charge < -0.3 is 10.2 Å². The number of halogens is 2. The van der Waals surface area contributed by atoms with Gasteiger partial charge in [0.15, 0.2) is 0 Å². The number of carbonyl (C=O) groups is 1. The molecule has 0 aromatic heterocycles. The lowest BCUT2D eigenvalue weighted by molar-refractivity contribution is -0.384. The fourth-order valence-corrected chi connectivity index (χ4v) is 2.70. The first-order valence-corrected chi connectivity index (χ1v) is 7.22. The van der Waals surface area contributed by atoms with Crippen LogP contribution in [0, 0.1) is 21.7 Å². The first-order valence-electron chi connectivity index (χ1n) is 7.22. The zero-order valence-corrected chi connectivity index (χ0v) is 12.5. The Balaban J connectivity index is 1.72. The third-order valence-electron chi connectivity index (χ3n) is 3.83. The van der Waals surface area contributed by atoms with Crippen molar-refractivity contribution in [2.75, 3.05) is 23.3 Å². The summed E-state index contributed by atoms with van der Waals surface area (Å²) in [6.07, 6.45) is 0.568. The number of hydrogen-bond donors (Lipinski definition) is 1. The first-order chi connectivity index (χ1) is 11.5. The molecule has 2 aromatic carbocycles. The molecular weight excluding hydrogens is 320 g/mol. The first kappa shape index (κ1) is 15.9. The van der Waals surface area contributed by atoms with E-state index in [4.69, 9.17) is 0 Å². The molecule has 3 rings (SSSR count). The van der Waals surface area contributed by atoms with Crippen molar-refractivity contribution in [2.24, 2.45) is 0 Å². The van der Waals surface area contributed by atoms with Gasteiger partial charge in [0.05, 0.1) is 11.5 Å². The van der Waals surface area contributed by atoms with Crippen LogP contribution < -0.4 is 10.2 Å². The van der Waals surface area contributed by atoms with Gasteiger partial charge in [-0.2, -0.15) is 0 Å². The van der Waals surface area contributed by atoms with Gasteiger partial charge >= 0.3 is 0 Å². The summed E-state index contributed by atoms with van der Waals surface area (Å²) in [5.41, 5.74) is 0.998. The number of amides is 1.